The fourth-order valence-electron chi connectivity index (χ4n) is 2.53. The highest BCUT2D eigenvalue weighted by molar-refractivity contribution is 5.49. The lowest BCUT2D eigenvalue weighted by Crippen LogP contribution is -2.45. The molecule has 1 aromatic heterocycles. The van der Waals surface area contributed by atoms with Gasteiger partial charge in [0.1, 0.15) is 17.5 Å². The number of hydrogen-bond donors (Lipinski definition) is 2. The van der Waals surface area contributed by atoms with Crippen molar-refractivity contribution in [2.45, 2.75) is 38.6 Å². The van der Waals surface area contributed by atoms with Crippen molar-refractivity contribution in [1.82, 2.24) is 14.9 Å². The average molecular weight is 278 g/mol. The molecule has 6 heteroatoms. The van der Waals surface area contributed by atoms with Gasteiger partial charge in [-0.15, -0.1) is 0 Å². The van der Waals surface area contributed by atoms with E-state index in [9.17, 15) is 0 Å². The number of aromatic nitrogens is 2. The number of hydrogen-bond acceptors (Lipinski definition) is 6. The predicted molar refractivity (Wildman–Crippen MR) is 82.9 cm³/mol. The Kier molecular flexibility index (Phi) is 4.77. The minimum absolute atomic E-state index is 0.288. The van der Waals surface area contributed by atoms with Gasteiger partial charge in [0.05, 0.1) is 0 Å². The van der Waals surface area contributed by atoms with Crippen LogP contribution in [0.15, 0.2) is 6.07 Å². The van der Waals surface area contributed by atoms with Gasteiger partial charge in [0, 0.05) is 31.1 Å². The van der Waals surface area contributed by atoms with Crippen molar-refractivity contribution in [3.8, 4) is 0 Å². The lowest BCUT2D eigenvalue weighted by molar-refractivity contribution is 0.257. The van der Waals surface area contributed by atoms with Crippen LogP contribution in [-0.2, 0) is 0 Å². The maximum atomic E-state index is 5.53. The SMILES string of the molecule is CC(C)c1nc(NN)cc(N2CCCC(N(C)C)C2)n1. The van der Waals surface area contributed by atoms with Gasteiger partial charge in [-0.1, -0.05) is 13.8 Å². The molecule has 0 aromatic carbocycles. The first kappa shape index (κ1) is 15.0. The quantitative estimate of drug-likeness (QED) is 0.641. The van der Waals surface area contributed by atoms with E-state index in [-0.39, 0.29) is 5.92 Å². The maximum Gasteiger partial charge on any atom is 0.145 e. The Labute approximate surface area is 121 Å². The van der Waals surface area contributed by atoms with Crippen LogP contribution in [0.1, 0.15) is 38.4 Å². The van der Waals surface area contributed by atoms with Gasteiger partial charge in [0.2, 0.25) is 0 Å². The van der Waals surface area contributed by atoms with Crippen molar-refractivity contribution >= 4 is 11.6 Å². The van der Waals surface area contributed by atoms with E-state index in [0.29, 0.717) is 11.9 Å². The second kappa shape index (κ2) is 6.37. The molecule has 1 fully saturated rings. The monoisotopic (exact) mass is 278 g/mol. The third-order valence-electron chi connectivity index (χ3n) is 3.85. The summed E-state index contributed by atoms with van der Waals surface area (Å²) in [6.07, 6.45) is 2.43. The maximum absolute atomic E-state index is 5.53. The number of rotatable bonds is 4. The second-order valence-electron chi connectivity index (χ2n) is 5.97. The molecule has 2 heterocycles. The van der Waals surface area contributed by atoms with E-state index in [0.717, 1.165) is 24.7 Å². The average Bonchev–Trinajstić information content (AvgIpc) is 2.46. The normalized spacial score (nSPS) is 19.8. The standard InChI is InChI=1S/C14H26N6/c1-10(2)14-16-12(18-15)8-13(17-14)20-7-5-6-11(9-20)19(3)4/h8,10-11H,5-7,9,15H2,1-4H3,(H,16,17,18). The summed E-state index contributed by atoms with van der Waals surface area (Å²) in [6.45, 7) is 6.24. The van der Waals surface area contributed by atoms with Crippen LogP contribution >= 0.6 is 0 Å². The number of nitrogen functional groups attached to an aromatic ring is 1. The predicted octanol–water partition coefficient (Wildman–Crippen LogP) is 1.42. The summed E-state index contributed by atoms with van der Waals surface area (Å²) in [5.74, 6) is 8.31. The largest absolute Gasteiger partial charge is 0.355 e. The van der Waals surface area contributed by atoms with Crippen molar-refractivity contribution in [2.24, 2.45) is 5.84 Å². The second-order valence-corrected chi connectivity index (χ2v) is 5.97. The molecule has 0 saturated carbocycles. The molecular weight excluding hydrogens is 252 g/mol. The third-order valence-corrected chi connectivity index (χ3v) is 3.85. The molecule has 0 spiro atoms. The number of nitrogens with one attached hydrogen (secondary N) is 1. The van der Waals surface area contributed by atoms with Gasteiger partial charge in [0.15, 0.2) is 0 Å². The fraction of sp³-hybridized carbons (Fsp3) is 0.714. The van der Waals surface area contributed by atoms with Crippen molar-refractivity contribution < 1.29 is 0 Å². The van der Waals surface area contributed by atoms with Crippen LogP contribution in [0.2, 0.25) is 0 Å². The first-order valence-electron chi connectivity index (χ1n) is 7.28. The van der Waals surface area contributed by atoms with E-state index in [2.05, 4.69) is 48.2 Å². The number of likely N-dealkylation sites (N-methyl/N-ethyl adjacent to an activating group) is 1. The Morgan fingerprint density at radius 2 is 2.15 bits per heavy atom. The zero-order valence-electron chi connectivity index (χ0n) is 12.9. The van der Waals surface area contributed by atoms with E-state index in [1.165, 1.54) is 12.8 Å². The van der Waals surface area contributed by atoms with Crippen LogP contribution < -0.4 is 16.2 Å². The molecule has 20 heavy (non-hydrogen) atoms. The van der Waals surface area contributed by atoms with Gasteiger partial charge >= 0.3 is 0 Å². The van der Waals surface area contributed by atoms with E-state index in [1.807, 2.05) is 6.07 Å². The van der Waals surface area contributed by atoms with Gasteiger partial charge in [0.25, 0.3) is 0 Å². The van der Waals surface area contributed by atoms with Gasteiger partial charge in [-0.25, -0.2) is 15.8 Å². The highest BCUT2D eigenvalue weighted by atomic mass is 15.3. The first-order valence-corrected chi connectivity index (χ1v) is 7.28. The topological polar surface area (TPSA) is 70.3 Å². The molecule has 0 bridgehead atoms. The Bertz CT molecular complexity index is 445. The van der Waals surface area contributed by atoms with Crippen LogP contribution in [0, 0.1) is 0 Å². The van der Waals surface area contributed by atoms with Gasteiger partial charge in [-0.3, -0.25) is 0 Å². The summed E-state index contributed by atoms with van der Waals surface area (Å²) in [4.78, 5) is 13.7. The number of nitrogens with two attached hydrogens (primary N) is 1. The van der Waals surface area contributed by atoms with Crippen LogP contribution in [0.4, 0.5) is 11.6 Å². The molecule has 2 rings (SSSR count). The lowest BCUT2D eigenvalue weighted by atomic mass is 10.0. The van der Waals surface area contributed by atoms with Crippen molar-refractivity contribution in [3.63, 3.8) is 0 Å². The smallest absolute Gasteiger partial charge is 0.145 e. The van der Waals surface area contributed by atoms with Crippen LogP contribution in [-0.4, -0.2) is 48.1 Å². The van der Waals surface area contributed by atoms with Crippen molar-refractivity contribution in [3.05, 3.63) is 11.9 Å². The molecule has 1 unspecified atom stereocenters. The Balaban J connectivity index is 2.24. The molecule has 1 aliphatic heterocycles. The minimum atomic E-state index is 0.288. The van der Waals surface area contributed by atoms with E-state index in [4.69, 9.17) is 10.8 Å². The molecule has 6 nitrogen and oxygen atoms in total. The van der Waals surface area contributed by atoms with Crippen LogP contribution in [0.3, 0.4) is 0 Å². The highest BCUT2D eigenvalue weighted by Crippen LogP contribution is 2.23. The molecule has 112 valence electrons. The van der Waals surface area contributed by atoms with Crippen molar-refractivity contribution in [2.75, 3.05) is 37.5 Å². The summed E-state index contributed by atoms with van der Waals surface area (Å²) in [5.41, 5.74) is 2.65. The Morgan fingerprint density at radius 1 is 1.40 bits per heavy atom. The van der Waals surface area contributed by atoms with Crippen LogP contribution in [0.25, 0.3) is 0 Å². The number of nitrogens with zero attached hydrogens (tertiary/aromatic N) is 4. The number of anilines is 2. The molecule has 1 atom stereocenters. The van der Waals surface area contributed by atoms with E-state index >= 15 is 0 Å². The Hall–Kier alpha value is -1.40. The summed E-state index contributed by atoms with van der Waals surface area (Å²) >= 11 is 0. The zero-order valence-corrected chi connectivity index (χ0v) is 12.9. The highest BCUT2D eigenvalue weighted by Gasteiger charge is 2.23. The third kappa shape index (κ3) is 3.37. The lowest BCUT2D eigenvalue weighted by Gasteiger charge is -2.37. The summed E-state index contributed by atoms with van der Waals surface area (Å²) in [6, 6.07) is 2.51. The molecule has 3 N–H and O–H groups in total. The zero-order chi connectivity index (χ0) is 14.7. The fourth-order valence-corrected chi connectivity index (χ4v) is 2.53. The van der Waals surface area contributed by atoms with Gasteiger partial charge in [-0.05, 0) is 26.9 Å². The minimum Gasteiger partial charge on any atom is -0.355 e. The molecule has 0 radical (unpaired) electrons. The van der Waals surface area contributed by atoms with Gasteiger partial charge < -0.3 is 15.2 Å². The van der Waals surface area contributed by atoms with E-state index < -0.39 is 0 Å². The van der Waals surface area contributed by atoms with Crippen molar-refractivity contribution in [1.29, 1.82) is 0 Å². The van der Waals surface area contributed by atoms with E-state index in [1.54, 1.807) is 0 Å². The molecule has 0 amide bonds. The summed E-state index contributed by atoms with van der Waals surface area (Å²) < 4.78 is 0. The molecule has 1 saturated heterocycles. The summed E-state index contributed by atoms with van der Waals surface area (Å²) in [5, 5.41) is 0. The summed E-state index contributed by atoms with van der Waals surface area (Å²) in [7, 11) is 4.28. The number of piperidine rings is 1. The van der Waals surface area contributed by atoms with Gasteiger partial charge in [-0.2, -0.15) is 0 Å². The molecular formula is C14H26N6. The van der Waals surface area contributed by atoms with Crippen LogP contribution in [0.5, 0.6) is 0 Å². The molecule has 1 aliphatic rings. The first-order chi connectivity index (χ1) is 9.51. The number of hydrazine groups is 1. The molecule has 1 aromatic rings. The molecule has 0 aliphatic carbocycles. The Morgan fingerprint density at radius 3 is 2.75 bits per heavy atom.